The highest BCUT2D eigenvalue weighted by molar-refractivity contribution is 5.67. The number of benzene rings is 2. The molecule has 0 bridgehead atoms. The minimum atomic E-state index is -0.229. The third-order valence-corrected chi connectivity index (χ3v) is 2.70. The molecule has 0 saturated carbocycles. The summed E-state index contributed by atoms with van der Waals surface area (Å²) < 4.78 is 0. The van der Waals surface area contributed by atoms with Crippen LogP contribution in [0.5, 0.6) is 11.5 Å². The number of nitrogens with two attached hydrogens (primary N) is 1. The van der Waals surface area contributed by atoms with Crippen molar-refractivity contribution < 1.29 is 10.2 Å². The lowest BCUT2D eigenvalue weighted by molar-refractivity contribution is 0.464. The predicted molar refractivity (Wildman–Crippen MR) is 67.8 cm³/mol. The van der Waals surface area contributed by atoms with Crippen LogP contribution in [-0.4, -0.2) is 10.2 Å². The number of phenols is 2. The highest BCUT2D eigenvalue weighted by Gasteiger charge is 2.08. The molecule has 0 saturated heterocycles. The van der Waals surface area contributed by atoms with Crippen molar-refractivity contribution in [2.24, 2.45) is 5.73 Å². The summed E-state index contributed by atoms with van der Waals surface area (Å²) >= 11 is 0. The van der Waals surface area contributed by atoms with E-state index in [4.69, 9.17) is 5.73 Å². The molecule has 88 valence electrons. The first-order chi connectivity index (χ1) is 8.08. The number of rotatable bonds is 2. The van der Waals surface area contributed by atoms with Gasteiger partial charge in [0.05, 0.1) is 0 Å². The largest absolute Gasteiger partial charge is 0.508 e. The van der Waals surface area contributed by atoms with Crippen LogP contribution < -0.4 is 5.73 Å². The normalized spacial score (nSPS) is 12.4. The van der Waals surface area contributed by atoms with E-state index in [1.165, 1.54) is 0 Å². The Labute approximate surface area is 100 Å². The number of hydrogen-bond donors (Lipinski definition) is 3. The fraction of sp³-hybridized carbons (Fsp3) is 0.143. The Morgan fingerprint density at radius 1 is 1.00 bits per heavy atom. The first kappa shape index (κ1) is 11.5. The molecule has 2 rings (SSSR count). The van der Waals surface area contributed by atoms with E-state index in [-0.39, 0.29) is 17.5 Å². The van der Waals surface area contributed by atoms with Gasteiger partial charge in [0.15, 0.2) is 0 Å². The highest BCUT2D eigenvalue weighted by Crippen LogP contribution is 2.30. The molecule has 0 aliphatic rings. The molecule has 0 aromatic heterocycles. The van der Waals surface area contributed by atoms with Crippen LogP contribution in [0, 0.1) is 0 Å². The van der Waals surface area contributed by atoms with Crippen LogP contribution in [-0.2, 0) is 0 Å². The maximum Gasteiger partial charge on any atom is 0.120 e. The van der Waals surface area contributed by atoms with Crippen molar-refractivity contribution in [3.05, 3.63) is 48.0 Å². The van der Waals surface area contributed by atoms with Crippen molar-refractivity contribution in [3.63, 3.8) is 0 Å². The third kappa shape index (κ3) is 2.40. The second-order valence-electron chi connectivity index (χ2n) is 4.11. The lowest BCUT2D eigenvalue weighted by Crippen LogP contribution is -2.05. The van der Waals surface area contributed by atoms with Crippen LogP contribution in [0.3, 0.4) is 0 Å². The van der Waals surface area contributed by atoms with Crippen molar-refractivity contribution in [1.29, 1.82) is 0 Å². The average Bonchev–Trinajstić information content (AvgIpc) is 2.29. The highest BCUT2D eigenvalue weighted by atomic mass is 16.3. The monoisotopic (exact) mass is 229 g/mol. The van der Waals surface area contributed by atoms with Gasteiger partial charge in [-0.1, -0.05) is 18.2 Å². The molecule has 0 amide bonds. The molecule has 3 nitrogen and oxygen atoms in total. The number of aromatic hydroxyl groups is 2. The fourth-order valence-electron chi connectivity index (χ4n) is 1.78. The molecule has 2 aromatic carbocycles. The van der Waals surface area contributed by atoms with Crippen LogP contribution in [0.15, 0.2) is 42.5 Å². The van der Waals surface area contributed by atoms with Gasteiger partial charge in [-0.15, -0.1) is 0 Å². The molecule has 0 aliphatic heterocycles. The van der Waals surface area contributed by atoms with E-state index in [9.17, 15) is 10.2 Å². The van der Waals surface area contributed by atoms with Gasteiger partial charge in [0.2, 0.25) is 0 Å². The molecule has 4 N–H and O–H groups in total. The number of hydrogen-bond acceptors (Lipinski definition) is 3. The van der Waals surface area contributed by atoms with E-state index in [0.29, 0.717) is 5.56 Å². The fourth-order valence-corrected chi connectivity index (χ4v) is 1.78. The average molecular weight is 229 g/mol. The second-order valence-corrected chi connectivity index (χ2v) is 4.11. The van der Waals surface area contributed by atoms with Gasteiger partial charge in [0.1, 0.15) is 11.5 Å². The van der Waals surface area contributed by atoms with Crippen molar-refractivity contribution in [2.75, 3.05) is 0 Å². The molecular formula is C14H15NO2. The summed E-state index contributed by atoms with van der Waals surface area (Å²) in [5.41, 5.74) is 8.30. The van der Waals surface area contributed by atoms with Gasteiger partial charge in [0, 0.05) is 11.6 Å². The zero-order valence-electron chi connectivity index (χ0n) is 9.59. The van der Waals surface area contributed by atoms with E-state index in [2.05, 4.69) is 0 Å². The zero-order chi connectivity index (χ0) is 12.4. The quantitative estimate of drug-likeness (QED) is 0.741. The molecule has 1 atom stereocenters. The van der Waals surface area contributed by atoms with Gasteiger partial charge < -0.3 is 15.9 Å². The summed E-state index contributed by atoms with van der Waals surface area (Å²) in [6.07, 6.45) is 0. The summed E-state index contributed by atoms with van der Waals surface area (Å²) in [4.78, 5) is 0. The minimum Gasteiger partial charge on any atom is -0.508 e. The van der Waals surface area contributed by atoms with Crippen molar-refractivity contribution >= 4 is 0 Å². The molecule has 0 radical (unpaired) electrons. The molecule has 2 aromatic rings. The van der Waals surface area contributed by atoms with Crippen LogP contribution >= 0.6 is 0 Å². The summed E-state index contributed by atoms with van der Waals surface area (Å²) in [7, 11) is 0. The Hall–Kier alpha value is -2.00. The summed E-state index contributed by atoms with van der Waals surface area (Å²) in [6, 6.07) is 12.0. The van der Waals surface area contributed by atoms with Crippen molar-refractivity contribution in [3.8, 4) is 22.6 Å². The molecule has 0 fully saturated rings. The van der Waals surface area contributed by atoms with Crippen LogP contribution in [0.25, 0.3) is 11.1 Å². The van der Waals surface area contributed by atoms with E-state index in [0.717, 1.165) is 11.1 Å². The van der Waals surface area contributed by atoms with Crippen molar-refractivity contribution in [2.45, 2.75) is 13.0 Å². The second kappa shape index (κ2) is 4.47. The Balaban J connectivity index is 2.50. The van der Waals surface area contributed by atoms with E-state index in [1.54, 1.807) is 30.3 Å². The lowest BCUT2D eigenvalue weighted by Gasteiger charge is -2.11. The van der Waals surface area contributed by atoms with Gasteiger partial charge in [0.25, 0.3) is 0 Å². The summed E-state index contributed by atoms with van der Waals surface area (Å²) in [5, 5.41) is 19.1. The first-order valence-corrected chi connectivity index (χ1v) is 5.46. The summed E-state index contributed by atoms with van der Waals surface area (Å²) in [6.45, 7) is 1.82. The van der Waals surface area contributed by atoms with Crippen LogP contribution in [0.2, 0.25) is 0 Å². The Morgan fingerprint density at radius 2 is 1.71 bits per heavy atom. The SMILES string of the molecule is CC(N)c1cc(-c2cccc(O)c2)ccc1O. The van der Waals surface area contributed by atoms with E-state index in [1.807, 2.05) is 19.1 Å². The standard InChI is InChI=1S/C14H15NO2/c1-9(15)13-8-11(5-6-14(13)17)10-3-2-4-12(16)7-10/h2-9,16-17H,15H2,1H3. The summed E-state index contributed by atoms with van der Waals surface area (Å²) in [5.74, 6) is 0.418. The molecule has 1 unspecified atom stereocenters. The topological polar surface area (TPSA) is 66.5 Å². The zero-order valence-corrected chi connectivity index (χ0v) is 9.59. The minimum absolute atomic E-state index is 0.198. The maximum atomic E-state index is 9.68. The molecule has 3 heteroatoms. The Bertz CT molecular complexity index is 535. The van der Waals surface area contributed by atoms with E-state index >= 15 is 0 Å². The van der Waals surface area contributed by atoms with Gasteiger partial charge in [-0.25, -0.2) is 0 Å². The first-order valence-electron chi connectivity index (χ1n) is 5.46. The third-order valence-electron chi connectivity index (χ3n) is 2.70. The molecule has 17 heavy (non-hydrogen) atoms. The molecule has 0 aliphatic carbocycles. The van der Waals surface area contributed by atoms with Crippen LogP contribution in [0.4, 0.5) is 0 Å². The van der Waals surface area contributed by atoms with Crippen molar-refractivity contribution in [1.82, 2.24) is 0 Å². The van der Waals surface area contributed by atoms with E-state index < -0.39 is 0 Å². The number of phenolic OH excluding ortho intramolecular Hbond substituents is 2. The van der Waals surface area contributed by atoms with Gasteiger partial charge in [-0.3, -0.25) is 0 Å². The predicted octanol–water partition coefficient (Wildman–Crippen LogP) is 2.78. The Kier molecular flexibility index (Phi) is 3.02. The van der Waals surface area contributed by atoms with Gasteiger partial charge >= 0.3 is 0 Å². The maximum absolute atomic E-state index is 9.68. The Morgan fingerprint density at radius 3 is 2.35 bits per heavy atom. The lowest BCUT2D eigenvalue weighted by atomic mass is 9.99. The molecule has 0 heterocycles. The van der Waals surface area contributed by atoms with Crippen LogP contribution in [0.1, 0.15) is 18.5 Å². The van der Waals surface area contributed by atoms with Gasteiger partial charge in [-0.05, 0) is 42.3 Å². The smallest absolute Gasteiger partial charge is 0.120 e. The molecule has 0 spiro atoms. The van der Waals surface area contributed by atoms with Gasteiger partial charge in [-0.2, -0.15) is 0 Å². The molecular weight excluding hydrogens is 214 g/mol.